The highest BCUT2D eigenvalue weighted by Gasteiger charge is 2.18. The average Bonchev–Trinajstić information content (AvgIpc) is 3.07. The number of benzene rings is 2. The Balaban J connectivity index is 1.95. The molecular formula is C23H23N5. The van der Waals surface area contributed by atoms with Crippen molar-refractivity contribution in [2.24, 2.45) is 0 Å². The van der Waals surface area contributed by atoms with Gasteiger partial charge in [-0.25, -0.2) is 4.98 Å². The molecule has 2 aromatic heterocycles. The van der Waals surface area contributed by atoms with E-state index in [4.69, 9.17) is 4.98 Å². The summed E-state index contributed by atoms with van der Waals surface area (Å²) in [7, 11) is 4.05. The van der Waals surface area contributed by atoms with E-state index >= 15 is 0 Å². The zero-order valence-electron chi connectivity index (χ0n) is 16.6. The van der Waals surface area contributed by atoms with Gasteiger partial charge in [0.2, 0.25) is 0 Å². The normalized spacial score (nSPS) is 11.1. The molecular weight excluding hydrogens is 346 g/mol. The Labute approximate surface area is 164 Å². The highest BCUT2D eigenvalue weighted by atomic mass is 15.1. The van der Waals surface area contributed by atoms with E-state index in [1.807, 2.05) is 42.8 Å². The van der Waals surface area contributed by atoms with Crippen LogP contribution in [0.25, 0.3) is 16.7 Å². The van der Waals surface area contributed by atoms with E-state index in [9.17, 15) is 5.26 Å². The first kappa shape index (κ1) is 17.9. The first-order valence-corrected chi connectivity index (χ1v) is 9.38. The molecule has 4 rings (SSSR count). The smallest absolute Gasteiger partial charge is 0.157 e. The third-order valence-corrected chi connectivity index (χ3v) is 5.00. The summed E-state index contributed by atoms with van der Waals surface area (Å²) < 4.78 is 2.04. The largest absolute Gasteiger partial charge is 0.378 e. The minimum absolute atomic E-state index is 0.219. The molecule has 2 heterocycles. The van der Waals surface area contributed by atoms with Gasteiger partial charge in [-0.15, -0.1) is 0 Å². The van der Waals surface area contributed by atoms with Crippen molar-refractivity contribution in [3.05, 3.63) is 65.7 Å². The zero-order chi connectivity index (χ0) is 19.8. The maximum atomic E-state index is 9.83. The van der Waals surface area contributed by atoms with E-state index in [0.29, 0.717) is 11.2 Å². The maximum absolute atomic E-state index is 9.83. The van der Waals surface area contributed by atoms with Crippen molar-refractivity contribution in [2.75, 3.05) is 24.3 Å². The maximum Gasteiger partial charge on any atom is 0.157 e. The molecule has 0 atom stereocenters. The molecule has 140 valence electrons. The fraction of sp³-hybridized carbons (Fsp3) is 0.217. The summed E-state index contributed by atoms with van der Waals surface area (Å²) in [5.41, 5.74) is 6.33. The van der Waals surface area contributed by atoms with Gasteiger partial charge in [-0.1, -0.05) is 26.0 Å². The lowest BCUT2D eigenvalue weighted by molar-refractivity contribution is 0.860. The minimum atomic E-state index is 0.219. The second-order valence-corrected chi connectivity index (χ2v) is 7.45. The number of para-hydroxylation sites is 2. The van der Waals surface area contributed by atoms with Crippen molar-refractivity contribution >= 4 is 33.9 Å². The van der Waals surface area contributed by atoms with Gasteiger partial charge >= 0.3 is 0 Å². The first-order valence-electron chi connectivity index (χ1n) is 9.38. The van der Waals surface area contributed by atoms with Gasteiger partial charge in [0.05, 0.1) is 16.6 Å². The number of nitrogens with one attached hydrogen (secondary N) is 1. The molecule has 0 aliphatic rings. The van der Waals surface area contributed by atoms with Crippen LogP contribution in [-0.4, -0.2) is 23.5 Å². The van der Waals surface area contributed by atoms with Crippen molar-refractivity contribution in [2.45, 2.75) is 19.8 Å². The molecule has 0 radical (unpaired) electrons. The lowest BCUT2D eigenvalue weighted by Crippen LogP contribution is -2.08. The van der Waals surface area contributed by atoms with Crippen LogP contribution in [0, 0.1) is 11.3 Å². The Morgan fingerprint density at radius 2 is 1.79 bits per heavy atom. The van der Waals surface area contributed by atoms with E-state index in [1.165, 1.54) is 0 Å². The number of aromatic nitrogens is 2. The van der Waals surface area contributed by atoms with Crippen LogP contribution in [0.1, 0.15) is 30.9 Å². The lowest BCUT2D eigenvalue weighted by Gasteiger charge is -2.17. The molecule has 0 aliphatic carbocycles. The van der Waals surface area contributed by atoms with Gasteiger partial charge in [-0.2, -0.15) is 5.26 Å². The van der Waals surface area contributed by atoms with Crippen molar-refractivity contribution in [1.29, 1.82) is 5.26 Å². The van der Waals surface area contributed by atoms with Gasteiger partial charge in [-0.3, -0.25) is 4.40 Å². The van der Waals surface area contributed by atoms with Gasteiger partial charge in [0.1, 0.15) is 11.9 Å². The van der Waals surface area contributed by atoms with Crippen molar-refractivity contribution < 1.29 is 0 Å². The lowest BCUT2D eigenvalue weighted by atomic mass is 9.99. The van der Waals surface area contributed by atoms with Gasteiger partial charge in [-0.05, 0) is 53.9 Å². The molecule has 5 nitrogen and oxygen atoms in total. The number of hydrogen-bond acceptors (Lipinski definition) is 4. The Morgan fingerprint density at radius 1 is 1.07 bits per heavy atom. The number of nitriles is 1. The highest BCUT2D eigenvalue weighted by Crippen LogP contribution is 2.32. The van der Waals surface area contributed by atoms with Crippen LogP contribution in [0.4, 0.5) is 17.2 Å². The van der Waals surface area contributed by atoms with Crippen LogP contribution in [0.5, 0.6) is 0 Å². The summed E-state index contributed by atoms with van der Waals surface area (Å²) in [6.45, 7) is 4.20. The first-order chi connectivity index (χ1) is 13.5. The molecule has 0 unspecified atom stereocenters. The number of hydrogen-bond donors (Lipinski definition) is 1. The Hall–Kier alpha value is -3.52. The minimum Gasteiger partial charge on any atom is -0.378 e. The predicted octanol–water partition coefficient (Wildman–Crippen LogP) is 5.29. The molecule has 0 saturated heterocycles. The second-order valence-electron chi connectivity index (χ2n) is 7.45. The number of rotatable bonds is 4. The zero-order valence-corrected chi connectivity index (χ0v) is 16.6. The Morgan fingerprint density at radius 3 is 2.43 bits per heavy atom. The van der Waals surface area contributed by atoms with E-state index < -0.39 is 0 Å². The number of fused-ring (bicyclic) bond motifs is 3. The van der Waals surface area contributed by atoms with Crippen molar-refractivity contribution in [3.63, 3.8) is 0 Å². The monoisotopic (exact) mass is 369 g/mol. The molecule has 0 spiro atoms. The van der Waals surface area contributed by atoms with Crippen molar-refractivity contribution in [3.8, 4) is 6.07 Å². The summed E-state index contributed by atoms with van der Waals surface area (Å²) in [6, 6.07) is 20.7. The Bertz CT molecular complexity index is 1190. The summed E-state index contributed by atoms with van der Waals surface area (Å²) in [4.78, 5) is 6.84. The van der Waals surface area contributed by atoms with E-state index in [2.05, 4.69) is 60.5 Å². The Kier molecular flexibility index (Phi) is 4.40. The van der Waals surface area contributed by atoms with Gasteiger partial charge in [0, 0.05) is 25.5 Å². The van der Waals surface area contributed by atoms with Crippen LogP contribution in [0.3, 0.4) is 0 Å². The molecule has 0 saturated carbocycles. The third-order valence-electron chi connectivity index (χ3n) is 5.00. The summed E-state index contributed by atoms with van der Waals surface area (Å²) >= 11 is 0. The predicted molar refractivity (Wildman–Crippen MR) is 116 cm³/mol. The van der Waals surface area contributed by atoms with Gasteiger partial charge in [0.25, 0.3) is 0 Å². The van der Waals surface area contributed by atoms with Crippen LogP contribution in [0.15, 0.2) is 54.6 Å². The van der Waals surface area contributed by atoms with E-state index in [-0.39, 0.29) is 5.92 Å². The summed E-state index contributed by atoms with van der Waals surface area (Å²) in [6.07, 6.45) is 0. The standard InChI is InChI=1S/C23H23N5/c1-15(2)18-13-22(25-16-9-11-17(12-10-16)27(3)4)28-21-8-6-5-7-20(21)26-23(28)19(18)14-24/h5-13,15,25H,1-4H3. The van der Waals surface area contributed by atoms with Crippen LogP contribution < -0.4 is 10.2 Å². The topological polar surface area (TPSA) is 56.4 Å². The number of anilines is 3. The third kappa shape index (κ3) is 2.93. The fourth-order valence-corrected chi connectivity index (χ4v) is 3.50. The number of pyridine rings is 1. The quantitative estimate of drug-likeness (QED) is 0.531. The van der Waals surface area contributed by atoms with Crippen LogP contribution in [-0.2, 0) is 0 Å². The number of imidazole rings is 1. The van der Waals surface area contributed by atoms with Gasteiger partial charge in [0.15, 0.2) is 5.65 Å². The second kappa shape index (κ2) is 6.90. The van der Waals surface area contributed by atoms with Crippen LogP contribution in [0.2, 0.25) is 0 Å². The van der Waals surface area contributed by atoms with Crippen LogP contribution >= 0.6 is 0 Å². The average molecular weight is 369 g/mol. The SMILES string of the molecule is CC(C)c1cc(Nc2ccc(N(C)C)cc2)n2c(nc3ccccc32)c1C#N. The van der Waals surface area contributed by atoms with E-state index in [1.54, 1.807) is 0 Å². The van der Waals surface area contributed by atoms with Crippen molar-refractivity contribution in [1.82, 2.24) is 9.38 Å². The fourth-order valence-electron chi connectivity index (χ4n) is 3.50. The molecule has 2 aromatic carbocycles. The molecule has 0 fully saturated rings. The molecule has 0 bridgehead atoms. The molecule has 4 aromatic rings. The molecule has 0 aliphatic heterocycles. The molecule has 28 heavy (non-hydrogen) atoms. The molecule has 0 amide bonds. The molecule has 5 heteroatoms. The van der Waals surface area contributed by atoms with E-state index in [0.717, 1.165) is 33.8 Å². The summed E-state index contributed by atoms with van der Waals surface area (Å²) in [5, 5.41) is 13.4. The van der Waals surface area contributed by atoms with Gasteiger partial charge < -0.3 is 10.2 Å². The number of nitrogens with zero attached hydrogens (tertiary/aromatic N) is 4. The summed E-state index contributed by atoms with van der Waals surface area (Å²) in [5.74, 6) is 1.13. The molecule has 1 N–H and O–H groups in total. The highest BCUT2D eigenvalue weighted by molar-refractivity contribution is 5.86.